The molecule has 2 amide bonds. The Balaban J connectivity index is 1.66. The lowest BCUT2D eigenvalue weighted by Crippen LogP contribution is -2.57. The summed E-state index contributed by atoms with van der Waals surface area (Å²) in [7, 11) is 0. The normalized spacial score (nSPS) is 28.9. The predicted molar refractivity (Wildman–Crippen MR) is 136 cm³/mol. The van der Waals surface area contributed by atoms with Crippen LogP contribution in [-0.2, 0) is 25.5 Å². The number of hydrogen-bond acceptors (Lipinski definition) is 8. The Morgan fingerprint density at radius 1 is 1.11 bits per heavy atom. The summed E-state index contributed by atoms with van der Waals surface area (Å²) >= 11 is 0. The molecule has 4 rings (SSSR count). The van der Waals surface area contributed by atoms with Crippen molar-refractivity contribution in [2.24, 2.45) is 17.8 Å². The van der Waals surface area contributed by atoms with Crippen molar-refractivity contribution in [2.75, 3.05) is 0 Å². The van der Waals surface area contributed by atoms with E-state index in [2.05, 4.69) is 15.6 Å². The van der Waals surface area contributed by atoms with Gasteiger partial charge in [-0.1, -0.05) is 37.3 Å². The molecule has 0 bridgehead atoms. The highest BCUT2D eigenvalue weighted by Gasteiger charge is 2.44. The molecule has 2 heterocycles. The third-order valence-electron chi connectivity index (χ3n) is 7.20. The second-order valence-corrected chi connectivity index (χ2v) is 10.2. The Bertz CT molecular complexity index is 1180. The number of aliphatic hydroxyl groups is 1. The van der Waals surface area contributed by atoms with Crippen molar-refractivity contribution in [2.45, 2.75) is 63.8 Å². The summed E-state index contributed by atoms with van der Waals surface area (Å²) < 4.78 is 5.63. The van der Waals surface area contributed by atoms with Gasteiger partial charge in [-0.15, -0.1) is 0 Å². The molecule has 10 heteroatoms. The van der Waals surface area contributed by atoms with Crippen LogP contribution >= 0.6 is 0 Å². The molecule has 2 aromatic rings. The number of nitrogens with one attached hydrogen (secondary N) is 2. The van der Waals surface area contributed by atoms with Crippen molar-refractivity contribution < 1.29 is 34.1 Å². The first kappa shape index (κ1) is 27.3. The van der Waals surface area contributed by atoms with Crippen LogP contribution < -0.4 is 10.6 Å². The number of aromatic nitrogens is 1. The van der Waals surface area contributed by atoms with Crippen LogP contribution in [0.25, 0.3) is 0 Å². The summed E-state index contributed by atoms with van der Waals surface area (Å²) in [6, 6.07) is 9.86. The number of ether oxygens (including phenoxy) is 1. The number of carbonyl (C=O) groups is 4. The molecule has 1 unspecified atom stereocenters. The van der Waals surface area contributed by atoms with Gasteiger partial charge in [-0.2, -0.15) is 0 Å². The van der Waals surface area contributed by atoms with Crippen molar-refractivity contribution in [3.63, 3.8) is 0 Å². The van der Waals surface area contributed by atoms with Crippen LogP contribution in [0.4, 0.5) is 0 Å². The average Bonchev–Trinajstić information content (AvgIpc) is 3.74. The summed E-state index contributed by atoms with van der Waals surface area (Å²) in [6.07, 6.45) is 0.619. The van der Waals surface area contributed by atoms with Crippen LogP contribution in [0.5, 0.6) is 5.75 Å². The molecule has 2 fully saturated rings. The maximum atomic E-state index is 13.6. The van der Waals surface area contributed by atoms with Crippen molar-refractivity contribution in [3.05, 3.63) is 59.9 Å². The number of carbonyl (C=O) groups excluding carboxylic acids is 4. The van der Waals surface area contributed by atoms with E-state index in [0.29, 0.717) is 0 Å². The Kier molecular flexibility index (Phi) is 8.41. The first-order valence-corrected chi connectivity index (χ1v) is 12.9. The van der Waals surface area contributed by atoms with Gasteiger partial charge in [-0.05, 0) is 49.8 Å². The van der Waals surface area contributed by atoms with Crippen LogP contribution in [0.1, 0.15) is 49.2 Å². The lowest BCUT2D eigenvalue weighted by molar-refractivity contribution is -0.164. The van der Waals surface area contributed by atoms with E-state index >= 15 is 0 Å². The summed E-state index contributed by atoms with van der Waals surface area (Å²) in [5.74, 6) is -4.61. The quantitative estimate of drug-likeness (QED) is 0.430. The molecular formula is C28H33N3O7. The number of aliphatic hydroxyl groups excluding tert-OH is 1. The molecule has 1 aliphatic heterocycles. The van der Waals surface area contributed by atoms with E-state index in [9.17, 15) is 29.4 Å². The zero-order valence-corrected chi connectivity index (χ0v) is 21.4. The Morgan fingerprint density at radius 2 is 1.82 bits per heavy atom. The number of cyclic esters (lactones) is 1. The van der Waals surface area contributed by atoms with E-state index in [4.69, 9.17) is 4.74 Å². The van der Waals surface area contributed by atoms with E-state index in [0.717, 1.165) is 18.4 Å². The number of hydrogen-bond donors (Lipinski definition) is 4. The van der Waals surface area contributed by atoms with Gasteiger partial charge in [-0.3, -0.25) is 19.2 Å². The van der Waals surface area contributed by atoms with Crippen molar-refractivity contribution in [1.29, 1.82) is 0 Å². The maximum absolute atomic E-state index is 13.6. The van der Waals surface area contributed by atoms with Gasteiger partial charge in [0.1, 0.15) is 11.8 Å². The molecule has 202 valence electrons. The molecule has 38 heavy (non-hydrogen) atoms. The highest BCUT2D eigenvalue weighted by Crippen LogP contribution is 2.36. The van der Waals surface area contributed by atoms with Gasteiger partial charge in [0.05, 0.1) is 18.1 Å². The number of nitrogens with zero attached hydrogens (tertiary/aromatic N) is 1. The monoisotopic (exact) mass is 523 g/mol. The SMILES string of the molecule is C[C@H]1CC(=O)C(C2CC2)OC(=O)[C@H](C)[C@H](O)[C@H](Cc2ccccc2)NC(=O)[C@H]1NC(=O)c1ncccc1O. The molecule has 1 aromatic carbocycles. The molecule has 6 atom stereocenters. The minimum absolute atomic E-state index is 0.0987. The van der Waals surface area contributed by atoms with E-state index in [-0.39, 0.29) is 36.0 Å². The summed E-state index contributed by atoms with van der Waals surface area (Å²) in [4.78, 5) is 56.6. The lowest BCUT2D eigenvalue weighted by atomic mass is 9.89. The first-order chi connectivity index (χ1) is 18.2. The fourth-order valence-corrected chi connectivity index (χ4v) is 4.74. The fraction of sp³-hybridized carbons (Fsp3) is 0.464. The number of ketones is 1. The highest BCUT2D eigenvalue weighted by atomic mass is 16.5. The van der Waals surface area contributed by atoms with Crippen molar-refractivity contribution in [3.8, 4) is 5.75 Å². The zero-order chi connectivity index (χ0) is 27.4. The third-order valence-corrected chi connectivity index (χ3v) is 7.20. The molecule has 1 saturated carbocycles. The molecule has 1 aromatic heterocycles. The number of amides is 2. The van der Waals surface area contributed by atoms with Crippen LogP contribution in [0.3, 0.4) is 0 Å². The Labute approximate surface area is 220 Å². The van der Waals surface area contributed by atoms with E-state index in [1.165, 1.54) is 25.3 Å². The van der Waals surface area contributed by atoms with Crippen molar-refractivity contribution in [1.82, 2.24) is 15.6 Å². The van der Waals surface area contributed by atoms with Gasteiger partial charge < -0.3 is 25.6 Å². The second-order valence-electron chi connectivity index (χ2n) is 10.2. The predicted octanol–water partition coefficient (Wildman–Crippen LogP) is 1.54. The van der Waals surface area contributed by atoms with Gasteiger partial charge in [0.25, 0.3) is 5.91 Å². The van der Waals surface area contributed by atoms with Gasteiger partial charge in [-0.25, -0.2) is 4.98 Å². The lowest BCUT2D eigenvalue weighted by Gasteiger charge is -2.33. The van der Waals surface area contributed by atoms with Crippen LogP contribution in [0.2, 0.25) is 0 Å². The highest BCUT2D eigenvalue weighted by molar-refractivity contribution is 5.98. The molecule has 2 aliphatic rings. The van der Waals surface area contributed by atoms with E-state index in [1.54, 1.807) is 6.92 Å². The number of Topliss-reactive ketones (excluding diaryl/α,β-unsaturated/α-hetero) is 1. The minimum Gasteiger partial charge on any atom is -0.505 e. The molecule has 0 radical (unpaired) electrons. The van der Waals surface area contributed by atoms with Gasteiger partial charge in [0.2, 0.25) is 5.91 Å². The molecule has 10 nitrogen and oxygen atoms in total. The molecule has 1 saturated heterocycles. The molecular weight excluding hydrogens is 490 g/mol. The number of rotatable bonds is 5. The number of esters is 1. The minimum atomic E-state index is -1.33. The van der Waals surface area contributed by atoms with E-state index < -0.39 is 53.9 Å². The average molecular weight is 524 g/mol. The summed E-state index contributed by atoms with van der Waals surface area (Å²) in [5, 5.41) is 26.7. The number of pyridine rings is 1. The van der Waals surface area contributed by atoms with Gasteiger partial charge >= 0.3 is 5.97 Å². The van der Waals surface area contributed by atoms with Gasteiger partial charge in [0.15, 0.2) is 17.6 Å². The summed E-state index contributed by atoms with van der Waals surface area (Å²) in [6.45, 7) is 3.15. The fourth-order valence-electron chi connectivity index (χ4n) is 4.74. The van der Waals surface area contributed by atoms with E-state index in [1.807, 2.05) is 30.3 Å². The standard InChI is InChI=1S/C28H33N3O7/c1-15-13-21(33)25(18-10-11-18)38-28(37)16(2)24(34)19(14-17-7-4-3-5-8-17)30-26(35)22(15)31-27(36)23-20(32)9-6-12-29-23/h3-9,12,15-16,18-19,22,24-25,32,34H,10-11,13-14H2,1-2H3,(H,30,35)(H,31,36)/t15-,16+,19-,22-,24-,25?/m0/s1. The summed E-state index contributed by atoms with van der Waals surface area (Å²) in [5.41, 5.74) is 0.562. The Hall–Kier alpha value is -3.79. The topological polar surface area (TPSA) is 155 Å². The van der Waals surface area contributed by atoms with Crippen LogP contribution in [0.15, 0.2) is 48.7 Å². The van der Waals surface area contributed by atoms with Gasteiger partial charge in [0, 0.05) is 18.5 Å². The van der Waals surface area contributed by atoms with Crippen LogP contribution in [0, 0.1) is 17.8 Å². The smallest absolute Gasteiger partial charge is 0.312 e. The zero-order valence-electron chi connectivity index (χ0n) is 21.4. The number of benzene rings is 1. The maximum Gasteiger partial charge on any atom is 0.312 e. The number of aromatic hydroxyl groups is 1. The molecule has 0 spiro atoms. The third kappa shape index (κ3) is 6.36. The Morgan fingerprint density at radius 3 is 2.47 bits per heavy atom. The first-order valence-electron chi connectivity index (χ1n) is 12.9. The van der Waals surface area contributed by atoms with Crippen LogP contribution in [-0.4, -0.2) is 63.1 Å². The van der Waals surface area contributed by atoms with Crippen molar-refractivity contribution >= 4 is 23.6 Å². The largest absolute Gasteiger partial charge is 0.505 e. The molecule has 1 aliphatic carbocycles. The molecule has 4 N–H and O–H groups in total. The second kappa shape index (κ2) is 11.7.